The maximum atomic E-state index is 5.04. The Morgan fingerprint density at radius 2 is 2.11 bits per heavy atom. The lowest BCUT2D eigenvalue weighted by Gasteiger charge is -2.13. The molecule has 2 aromatic heterocycles. The van der Waals surface area contributed by atoms with Gasteiger partial charge in [-0.1, -0.05) is 13.3 Å². The third-order valence-electron chi connectivity index (χ3n) is 2.72. The van der Waals surface area contributed by atoms with Crippen LogP contribution in [0.1, 0.15) is 24.5 Å². The SMILES string of the molecule is CCCc1c(NC)ncnc1NCc1ccoc1. The Morgan fingerprint density at radius 3 is 2.78 bits per heavy atom. The second-order valence-corrected chi connectivity index (χ2v) is 4.03. The molecule has 0 unspecified atom stereocenters. The summed E-state index contributed by atoms with van der Waals surface area (Å²) in [6.07, 6.45) is 6.98. The largest absolute Gasteiger partial charge is 0.472 e. The van der Waals surface area contributed by atoms with Crippen LogP contribution in [-0.4, -0.2) is 17.0 Å². The molecule has 0 spiro atoms. The molecule has 5 heteroatoms. The van der Waals surface area contributed by atoms with Crippen molar-refractivity contribution in [3.63, 3.8) is 0 Å². The van der Waals surface area contributed by atoms with Crippen molar-refractivity contribution in [3.8, 4) is 0 Å². The summed E-state index contributed by atoms with van der Waals surface area (Å²) in [6, 6.07) is 1.94. The van der Waals surface area contributed by atoms with Gasteiger partial charge in [0.05, 0.1) is 12.5 Å². The van der Waals surface area contributed by atoms with E-state index < -0.39 is 0 Å². The molecule has 2 heterocycles. The summed E-state index contributed by atoms with van der Waals surface area (Å²) in [7, 11) is 1.88. The first-order valence-electron chi connectivity index (χ1n) is 6.11. The number of hydrogen-bond acceptors (Lipinski definition) is 5. The van der Waals surface area contributed by atoms with Crippen molar-refractivity contribution in [2.45, 2.75) is 26.3 Å². The zero-order valence-corrected chi connectivity index (χ0v) is 10.7. The molecule has 0 aliphatic carbocycles. The van der Waals surface area contributed by atoms with E-state index in [0.29, 0.717) is 6.54 Å². The van der Waals surface area contributed by atoms with E-state index >= 15 is 0 Å². The van der Waals surface area contributed by atoms with E-state index in [-0.39, 0.29) is 0 Å². The first-order chi connectivity index (χ1) is 8.85. The van der Waals surface area contributed by atoms with Crippen LogP contribution in [0.4, 0.5) is 11.6 Å². The molecule has 0 aliphatic rings. The van der Waals surface area contributed by atoms with Gasteiger partial charge in [0.1, 0.15) is 18.0 Å². The monoisotopic (exact) mass is 246 g/mol. The van der Waals surface area contributed by atoms with Gasteiger partial charge in [-0.05, 0) is 12.5 Å². The summed E-state index contributed by atoms with van der Waals surface area (Å²) in [6.45, 7) is 2.85. The Balaban J connectivity index is 2.15. The van der Waals surface area contributed by atoms with Crippen molar-refractivity contribution in [3.05, 3.63) is 36.0 Å². The van der Waals surface area contributed by atoms with Crippen LogP contribution in [0, 0.1) is 0 Å². The minimum Gasteiger partial charge on any atom is -0.472 e. The van der Waals surface area contributed by atoms with Crippen LogP contribution < -0.4 is 10.6 Å². The van der Waals surface area contributed by atoms with Crippen LogP contribution in [0.5, 0.6) is 0 Å². The third-order valence-corrected chi connectivity index (χ3v) is 2.72. The summed E-state index contributed by atoms with van der Waals surface area (Å²) in [5.74, 6) is 1.78. The topological polar surface area (TPSA) is 63.0 Å². The molecule has 0 aliphatic heterocycles. The van der Waals surface area contributed by atoms with Gasteiger partial charge in [-0.2, -0.15) is 0 Å². The Morgan fingerprint density at radius 1 is 1.28 bits per heavy atom. The predicted molar refractivity (Wildman–Crippen MR) is 71.6 cm³/mol. The molecule has 5 nitrogen and oxygen atoms in total. The molecule has 2 N–H and O–H groups in total. The van der Waals surface area contributed by atoms with Crippen molar-refractivity contribution in [2.24, 2.45) is 0 Å². The van der Waals surface area contributed by atoms with Crippen molar-refractivity contribution in [1.29, 1.82) is 0 Å². The number of aromatic nitrogens is 2. The van der Waals surface area contributed by atoms with E-state index in [1.54, 1.807) is 18.9 Å². The highest BCUT2D eigenvalue weighted by molar-refractivity contribution is 5.57. The molecule has 18 heavy (non-hydrogen) atoms. The van der Waals surface area contributed by atoms with Gasteiger partial charge in [-0.15, -0.1) is 0 Å². The molecule has 0 saturated carbocycles. The molecule has 0 atom stereocenters. The highest BCUT2D eigenvalue weighted by Crippen LogP contribution is 2.21. The summed E-state index contributed by atoms with van der Waals surface area (Å²) in [4.78, 5) is 8.55. The van der Waals surface area contributed by atoms with Crippen molar-refractivity contribution < 1.29 is 4.42 Å². The fourth-order valence-electron chi connectivity index (χ4n) is 1.85. The third kappa shape index (κ3) is 2.80. The van der Waals surface area contributed by atoms with Gasteiger partial charge in [0, 0.05) is 24.7 Å². The first-order valence-corrected chi connectivity index (χ1v) is 6.11. The number of rotatable bonds is 6. The highest BCUT2D eigenvalue weighted by Gasteiger charge is 2.09. The van der Waals surface area contributed by atoms with E-state index in [4.69, 9.17) is 4.42 Å². The van der Waals surface area contributed by atoms with Crippen LogP contribution >= 0.6 is 0 Å². The lowest BCUT2D eigenvalue weighted by molar-refractivity contribution is 0.564. The normalized spacial score (nSPS) is 10.3. The summed E-state index contributed by atoms with van der Waals surface area (Å²) >= 11 is 0. The average Bonchev–Trinajstić information content (AvgIpc) is 2.91. The van der Waals surface area contributed by atoms with Gasteiger partial charge in [-0.3, -0.25) is 0 Å². The molecule has 96 valence electrons. The molecular weight excluding hydrogens is 228 g/mol. The minimum atomic E-state index is 0.702. The molecule has 0 amide bonds. The summed E-state index contributed by atoms with van der Waals surface area (Å²) < 4.78 is 5.04. The quantitative estimate of drug-likeness (QED) is 0.820. The molecule has 2 rings (SSSR count). The number of anilines is 2. The zero-order valence-electron chi connectivity index (χ0n) is 10.7. The molecule has 0 radical (unpaired) electrons. The molecule has 2 aromatic rings. The van der Waals surface area contributed by atoms with E-state index in [1.807, 2.05) is 13.1 Å². The van der Waals surface area contributed by atoms with Gasteiger partial charge in [0.15, 0.2) is 0 Å². The molecule has 0 fully saturated rings. The van der Waals surface area contributed by atoms with Crippen LogP contribution in [0.25, 0.3) is 0 Å². The van der Waals surface area contributed by atoms with E-state index in [2.05, 4.69) is 27.5 Å². The van der Waals surface area contributed by atoms with Crippen LogP contribution in [-0.2, 0) is 13.0 Å². The maximum absolute atomic E-state index is 5.04. The van der Waals surface area contributed by atoms with Crippen LogP contribution in [0.15, 0.2) is 29.3 Å². The first kappa shape index (κ1) is 12.4. The molecule has 0 saturated heterocycles. The Labute approximate surface area is 107 Å². The second-order valence-electron chi connectivity index (χ2n) is 4.03. The van der Waals surface area contributed by atoms with Gasteiger partial charge in [0.2, 0.25) is 0 Å². The van der Waals surface area contributed by atoms with Crippen molar-refractivity contribution >= 4 is 11.6 Å². The van der Waals surface area contributed by atoms with Gasteiger partial charge >= 0.3 is 0 Å². The number of hydrogen-bond donors (Lipinski definition) is 2. The van der Waals surface area contributed by atoms with E-state index in [1.165, 1.54) is 0 Å². The standard InChI is InChI=1S/C13H18N4O/c1-3-4-11-12(14-2)16-9-17-13(11)15-7-10-5-6-18-8-10/h5-6,8-9H,3-4,7H2,1-2H3,(H2,14,15,16,17). The Hall–Kier alpha value is -2.04. The van der Waals surface area contributed by atoms with Gasteiger partial charge < -0.3 is 15.1 Å². The lowest BCUT2D eigenvalue weighted by Crippen LogP contribution is -2.08. The zero-order chi connectivity index (χ0) is 12.8. The maximum Gasteiger partial charge on any atom is 0.134 e. The summed E-state index contributed by atoms with van der Waals surface area (Å²) in [5.41, 5.74) is 2.23. The Bertz CT molecular complexity index is 482. The highest BCUT2D eigenvalue weighted by atomic mass is 16.3. The smallest absolute Gasteiger partial charge is 0.134 e. The number of nitrogens with one attached hydrogen (secondary N) is 2. The van der Waals surface area contributed by atoms with Crippen LogP contribution in [0.3, 0.4) is 0 Å². The van der Waals surface area contributed by atoms with Crippen LogP contribution in [0.2, 0.25) is 0 Å². The lowest BCUT2D eigenvalue weighted by atomic mass is 10.1. The Kier molecular flexibility index (Phi) is 4.17. The van der Waals surface area contributed by atoms with Gasteiger partial charge in [-0.25, -0.2) is 9.97 Å². The van der Waals surface area contributed by atoms with Gasteiger partial charge in [0.25, 0.3) is 0 Å². The fraction of sp³-hybridized carbons (Fsp3) is 0.385. The molecule has 0 aromatic carbocycles. The summed E-state index contributed by atoms with van der Waals surface area (Å²) in [5, 5.41) is 6.43. The number of furan rings is 1. The average molecular weight is 246 g/mol. The molecular formula is C13H18N4O. The minimum absolute atomic E-state index is 0.702. The van der Waals surface area contributed by atoms with E-state index in [9.17, 15) is 0 Å². The fourth-order valence-corrected chi connectivity index (χ4v) is 1.85. The van der Waals surface area contributed by atoms with Crippen molar-refractivity contribution in [1.82, 2.24) is 9.97 Å². The number of nitrogens with zero attached hydrogens (tertiary/aromatic N) is 2. The molecule has 0 bridgehead atoms. The van der Waals surface area contributed by atoms with Crippen molar-refractivity contribution in [2.75, 3.05) is 17.7 Å². The van der Waals surface area contributed by atoms with E-state index in [0.717, 1.165) is 35.6 Å². The predicted octanol–water partition coefficient (Wildman–Crippen LogP) is 2.68. The second kappa shape index (κ2) is 6.05.